The van der Waals surface area contributed by atoms with Crippen molar-refractivity contribution in [1.29, 1.82) is 0 Å². The summed E-state index contributed by atoms with van der Waals surface area (Å²) in [6.07, 6.45) is 4.57. The van der Waals surface area contributed by atoms with Crippen LogP contribution in [0.1, 0.15) is 30.1 Å². The Balaban J connectivity index is 1.27. The van der Waals surface area contributed by atoms with E-state index in [4.69, 9.17) is 11.6 Å². The molecule has 0 spiro atoms. The zero-order valence-corrected chi connectivity index (χ0v) is 19.0. The van der Waals surface area contributed by atoms with E-state index in [0.29, 0.717) is 22.3 Å². The van der Waals surface area contributed by atoms with E-state index in [1.54, 1.807) is 6.07 Å². The summed E-state index contributed by atoms with van der Waals surface area (Å²) < 4.78 is 0.609. The van der Waals surface area contributed by atoms with Gasteiger partial charge in [-0.25, -0.2) is 0 Å². The van der Waals surface area contributed by atoms with E-state index in [2.05, 4.69) is 22.8 Å². The molecule has 1 aromatic heterocycles. The largest absolute Gasteiger partial charge is 0.506 e. The van der Waals surface area contributed by atoms with E-state index in [1.807, 2.05) is 30.0 Å². The smallest absolute Gasteiger partial charge is 0.305 e. The number of aliphatic hydroxyl groups excluding tert-OH is 1. The Morgan fingerprint density at radius 3 is 2.93 bits per heavy atom. The molecule has 1 radical (unpaired) electrons. The van der Waals surface area contributed by atoms with Crippen LogP contribution in [-0.2, 0) is 6.42 Å². The fraction of sp³-hybridized carbons (Fsp3) is 0.364. The van der Waals surface area contributed by atoms with E-state index >= 15 is 0 Å². The number of nitrogens with one attached hydrogen (secondary N) is 2. The lowest BCUT2D eigenvalue weighted by molar-refractivity contribution is 0.176. The molecular weight excluding hydrogens is 440 g/mol. The monoisotopic (exact) mass is 465 g/mol. The predicted molar refractivity (Wildman–Crippen MR) is 128 cm³/mol. The molecule has 0 aliphatic carbocycles. The number of thiazole rings is 1. The maximum atomic E-state index is 11.6. The molecular formula is C22H26ClN2O3S2. The zero-order chi connectivity index (χ0) is 21.3. The third kappa shape index (κ3) is 6.49. The molecule has 0 amide bonds. The van der Waals surface area contributed by atoms with E-state index in [1.165, 1.54) is 11.6 Å². The second-order valence-corrected chi connectivity index (χ2v) is 9.50. The summed E-state index contributed by atoms with van der Waals surface area (Å²) in [7, 11) is 0. The van der Waals surface area contributed by atoms with Crippen molar-refractivity contribution in [2.45, 2.75) is 25.4 Å². The van der Waals surface area contributed by atoms with E-state index in [0.717, 1.165) is 53.7 Å². The molecule has 1 atom stereocenters. The zero-order valence-electron chi connectivity index (χ0n) is 16.6. The second-order valence-electron chi connectivity index (χ2n) is 6.96. The van der Waals surface area contributed by atoms with Crippen LogP contribution in [0.15, 0.2) is 41.2 Å². The van der Waals surface area contributed by atoms with Crippen molar-refractivity contribution in [3.05, 3.63) is 68.6 Å². The normalized spacial score (nSPS) is 12.5. The number of fused-ring (bicyclic) bond motifs is 1. The quantitative estimate of drug-likeness (QED) is 0.295. The first-order chi connectivity index (χ1) is 14.6. The lowest BCUT2D eigenvalue weighted by Crippen LogP contribution is -2.23. The maximum absolute atomic E-state index is 11.6. The number of rotatable bonds is 12. The Kier molecular flexibility index (Phi) is 9.08. The number of aromatic hydroxyl groups is 1. The molecule has 0 fully saturated rings. The van der Waals surface area contributed by atoms with Gasteiger partial charge in [-0.15, -0.1) is 0 Å². The van der Waals surface area contributed by atoms with Gasteiger partial charge in [0.1, 0.15) is 11.3 Å². The van der Waals surface area contributed by atoms with Crippen LogP contribution in [-0.4, -0.2) is 39.8 Å². The van der Waals surface area contributed by atoms with Crippen molar-refractivity contribution in [3.8, 4) is 5.75 Å². The second kappa shape index (κ2) is 11.8. The van der Waals surface area contributed by atoms with E-state index in [9.17, 15) is 15.0 Å². The predicted octanol–water partition coefficient (Wildman–Crippen LogP) is 4.53. The summed E-state index contributed by atoms with van der Waals surface area (Å²) in [5, 5.41) is 24.4. The van der Waals surface area contributed by atoms with Crippen LogP contribution in [0.5, 0.6) is 5.75 Å². The molecule has 161 valence electrons. The Hall–Kier alpha value is -1.51. The lowest BCUT2D eigenvalue weighted by atomic mass is 10.1. The highest BCUT2D eigenvalue weighted by molar-refractivity contribution is 7.99. The topological polar surface area (TPSA) is 85.4 Å². The SMILES string of the molecule is O=c1[nH]c2c(O)ccc([C@@H](O)CNCCCSC[CH]CCc3ccccc3Cl)c2s1. The van der Waals surface area contributed by atoms with Gasteiger partial charge >= 0.3 is 4.87 Å². The first-order valence-electron chi connectivity index (χ1n) is 9.92. The molecule has 3 rings (SSSR count). The summed E-state index contributed by atoms with van der Waals surface area (Å²) in [5.74, 6) is 2.09. The number of hydrogen-bond donors (Lipinski definition) is 4. The van der Waals surface area contributed by atoms with Crippen molar-refractivity contribution in [1.82, 2.24) is 10.3 Å². The van der Waals surface area contributed by atoms with Crippen LogP contribution in [0.25, 0.3) is 10.2 Å². The number of aliphatic hydroxyl groups is 1. The molecule has 0 saturated heterocycles. The molecule has 0 unspecified atom stereocenters. The molecule has 4 N–H and O–H groups in total. The van der Waals surface area contributed by atoms with Crippen LogP contribution >= 0.6 is 34.7 Å². The number of benzene rings is 2. The summed E-state index contributed by atoms with van der Waals surface area (Å²) in [5.41, 5.74) is 2.24. The minimum absolute atomic E-state index is 0.0213. The van der Waals surface area contributed by atoms with Crippen molar-refractivity contribution in [3.63, 3.8) is 0 Å². The highest BCUT2D eigenvalue weighted by Gasteiger charge is 2.15. The molecule has 0 aliphatic rings. The molecule has 3 aromatic rings. The number of H-pyrrole nitrogens is 1. The van der Waals surface area contributed by atoms with Crippen LogP contribution in [0.4, 0.5) is 0 Å². The minimum atomic E-state index is -0.731. The number of thioether (sulfide) groups is 1. The first kappa shape index (κ1) is 23.2. The number of halogens is 1. The highest BCUT2D eigenvalue weighted by Crippen LogP contribution is 2.31. The Morgan fingerprint density at radius 1 is 1.27 bits per heavy atom. The summed E-state index contributed by atoms with van der Waals surface area (Å²) in [6, 6.07) is 11.1. The molecule has 0 aliphatic heterocycles. The number of unbranched alkanes of at least 4 members (excludes halogenated alkanes) is 1. The number of phenols is 1. The Labute approximate surface area is 189 Å². The van der Waals surface area contributed by atoms with Crippen LogP contribution < -0.4 is 10.2 Å². The molecule has 0 saturated carbocycles. The van der Waals surface area contributed by atoms with Crippen molar-refractivity contribution in [2.24, 2.45) is 0 Å². The average molecular weight is 466 g/mol. The fourth-order valence-corrected chi connectivity index (χ4v) is 5.16. The molecule has 5 nitrogen and oxygen atoms in total. The first-order valence-corrected chi connectivity index (χ1v) is 12.3. The number of hydrogen-bond acceptors (Lipinski definition) is 6. The van der Waals surface area contributed by atoms with E-state index < -0.39 is 6.10 Å². The van der Waals surface area contributed by atoms with Gasteiger partial charge in [-0.3, -0.25) is 4.79 Å². The standard InChI is InChI=1S/C22H26ClN2O3S2/c23-17-8-2-1-6-15(17)7-3-4-12-29-13-5-11-24-14-19(27)16-9-10-18(26)20-21(16)30-22(28)25-20/h1-2,4,6,8-10,19,24,26-27H,3,5,7,11-14H2,(H,25,28)/t19-/m0/s1. The average Bonchev–Trinajstić information content (AvgIpc) is 3.13. The van der Waals surface area contributed by atoms with Crippen molar-refractivity contribution >= 4 is 44.9 Å². The van der Waals surface area contributed by atoms with E-state index in [-0.39, 0.29) is 10.6 Å². The van der Waals surface area contributed by atoms with Crippen LogP contribution in [0, 0.1) is 6.42 Å². The van der Waals surface area contributed by atoms with Crippen molar-refractivity contribution in [2.75, 3.05) is 24.6 Å². The maximum Gasteiger partial charge on any atom is 0.305 e. The highest BCUT2D eigenvalue weighted by atomic mass is 35.5. The van der Waals surface area contributed by atoms with Gasteiger partial charge in [-0.2, -0.15) is 11.8 Å². The lowest BCUT2D eigenvalue weighted by Gasteiger charge is -2.13. The summed E-state index contributed by atoms with van der Waals surface area (Å²) in [4.78, 5) is 13.9. The van der Waals surface area contributed by atoms with Gasteiger partial charge in [0.25, 0.3) is 0 Å². The molecule has 8 heteroatoms. The molecule has 0 bridgehead atoms. The van der Waals surface area contributed by atoms with Crippen molar-refractivity contribution < 1.29 is 10.2 Å². The Morgan fingerprint density at radius 2 is 2.10 bits per heavy atom. The van der Waals surface area contributed by atoms with Gasteiger partial charge in [-0.05, 0) is 61.4 Å². The Bertz CT molecular complexity index is 1010. The number of aryl methyl sites for hydroxylation is 1. The molecule has 30 heavy (non-hydrogen) atoms. The van der Waals surface area contributed by atoms with Gasteiger partial charge < -0.3 is 20.5 Å². The van der Waals surface area contributed by atoms with Gasteiger partial charge in [0, 0.05) is 17.1 Å². The fourth-order valence-electron chi connectivity index (χ4n) is 3.16. The summed E-state index contributed by atoms with van der Waals surface area (Å²) in [6.45, 7) is 1.22. The van der Waals surface area contributed by atoms with Crippen LogP contribution in [0.3, 0.4) is 0 Å². The van der Waals surface area contributed by atoms with Gasteiger partial charge in [0.05, 0.1) is 10.8 Å². The third-order valence-corrected chi connectivity index (χ3v) is 7.09. The summed E-state index contributed by atoms with van der Waals surface area (Å²) >= 11 is 9.07. The van der Waals surface area contributed by atoms with Gasteiger partial charge in [0.15, 0.2) is 0 Å². The number of aromatic amines is 1. The minimum Gasteiger partial charge on any atom is -0.506 e. The van der Waals surface area contributed by atoms with Gasteiger partial charge in [0.2, 0.25) is 0 Å². The van der Waals surface area contributed by atoms with Crippen LogP contribution in [0.2, 0.25) is 5.02 Å². The molecule has 1 heterocycles. The van der Waals surface area contributed by atoms with Gasteiger partial charge in [-0.1, -0.05) is 47.2 Å². The number of phenolic OH excluding ortho intramolecular Hbond substituents is 1. The molecule has 2 aromatic carbocycles. The number of aromatic nitrogens is 1. The third-order valence-electron chi connectivity index (χ3n) is 4.74.